The Balaban J connectivity index is 0.00000178. The van der Waals surface area contributed by atoms with Crippen molar-refractivity contribution in [1.82, 2.24) is 24.6 Å². The Morgan fingerprint density at radius 2 is 1.79 bits per heavy atom. The lowest BCUT2D eigenvalue weighted by atomic mass is 10.0. The zero-order valence-electron chi connectivity index (χ0n) is 22.0. The van der Waals surface area contributed by atoms with Crippen LogP contribution in [0.15, 0.2) is 22.9 Å². The fourth-order valence-electron chi connectivity index (χ4n) is 4.92. The summed E-state index contributed by atoms with van der Waals surface area (Å²) in [6, 6.07) is 3.47. The molecule has 39 heavy (non-hydrogen) atoms. The quantitative estimate of drug-likeness (QED) is 0.249. The second kappa shape index (κ2) is 13.9. The molecule has 4 aromatic rings. The van der Waals surface area contributed by atoms with Crippen molar-refractivity contribution in [3.05, 3.63) is 35.6 Å². The fraction of sp³-hybridized carbons (Fsp3) is 0.480. The average molecular weight is 611 g/mol. The van der Waals surface area contributed by atoms with E-state index in [2.05, 4.69) is 15.0 Å². The normalized spacial score (nSPS) is 14.6. The second-order valence-electron chi connectivity index (χ2n) is 8.99. The lowest BCUT2D eigenvalue weighted by Crippen LogP contribution is -2.36. The van der Waals surface area contributed by atoms with E-state index >= 15 is 0 Å². The molecule has 0 bridgehead atoms. The minimum atomic E-state index is -2.85. The fourth-order valence-corrected chi connectivity index (χ4v) is 4.92. The molecule has 0 unspecified atom stereocenters. The molecule has 1 saturated heterocycles. The molecule has 4 heterocycles. The summed E-state index contributed by atoms with van der Waals surface area (Å²) in [5, 5.41) is 4.88. The number of pyridine rings is 1. The molecule has 1 aliphatic heterocycles. The first-order valence-corrected chi connectivity index (χ1v) is 11.9. The van der Waals surface area contributed by atoms with Gasteiger partial charge in [-0.2, -0.15) is 8.78 Å². The number of rotatable bonds is 8. The Kier molecular flexibility index (Phi) is 11.7. The van der Waals surface area contributed by atoms with Gasteiger partial charge in [0.2, 0.25) is 0 Å². The topological polar surface area (TPSA) is 87.7 Å². The maximum atomic E-state index is 12.9. The zero-order chi connectivity index (χ0) is 25.4. The van der Waals surface area contributed by atoms with Gasteiger partial charge in [0, 0.05) is 24.0 Å². The Hall–Kier alpha value is -2.28. The van der Waals surface area contributed by atoms with E-state index in [1.54, 1.807) is 13.3 Å². The molecule has 1 aliphatic rings. The van der Waals surface area contributed by atoms with Crippen LogP contribution in [0.2, 0.25) is 0 Å². The van der Waals surface area contributed by atoms with E-state index in [0.29, 0.717) is 36.8 Å². The lowest BCUT2D eigenvalue weighted by molar-refractivity contribution is -0.135. The van der Waals surface area contributed by atoms with Gasteiger partial charge in [0.15, 0.2) is 0 Å². The second-order valence-corrected chi connectivity index (χ2v) is 8.99. The number of methoxy groups -OCH3 is 1. The highest BCUT2D eigenvalue weighted by atomic mass is 35.5. The first-order chi connectivity index (χ1) is 17.4. The third kappa shape index (κ3) is 6.55. The predicted molar refractivity (Wildman–Crippen MR) is 151 cm³/mol. The molecular weight excluding hydrogens is 579 g/mol. The van der Waals surface area contributed by atoms with E-state index in [9.17, 15) is 8.78 Å². The molecular formula is C25H32Cl3F2N5O4. The molecule has 216 valence electrons. The van der Waals surface area contributed by atoms with Crippen molar-refractivity contribution < 1.29 is 27.5 Å². The van der Waals surface area contributed by atoms with E-state index in [1.165, 1.54) is 0 Å². The number of nitrogens with zero attached hydrogens (tertiary/aromatic N) is 5. The Morgan fingerprint density at radius 3 is 2.41 bits per heavy atom. The van der Waals surface area contributed by atoms with Crippen LogP contribution in [-0.4, -0.2) is 71.2 Å². The van der Waals surface area contributed by atoms with Crippen LogP contribution >= 0.6 is 37.2 Å². The Bertz CT molecular complexity index is 1380. The van der Waals surface area contributed by atoms with E-state index in [4.69, 9.17) is 23.7 Å². The van der Waals surface area contributed by atoms with E-state index in [-0.39, 0.29) is 49.9 Å². The summed E-state index contributed by atoms with van der Waals surface area (Å²) in [5.74, 6) is 2.08. The monoisotopic (exact) mass is 609 g/mol. The van der Waals surface area contributed by atoms with Gasteiger partial charge in [-0.15, -0.1) is 37.2 Å². The summed E-state index contributed by atoms with van der Waals surface area (Å²) in [7, 11) is 1.61. The van der Waals surface area contributed by atoms with Crippen LogP contribution in [0.1, 0.15) is 30.2 Å². The number of hydrogen-bond donors (Lipinski definition) is 0. The number of halogens is 5. The van der Waals surface area contributed by atoms with Crippen LogP contribution < -0.4 is 4.74 Å². The zero-order valence-corrected chi connectivity index (χ0v) is 24.4. The van der Waals surface area contributed by atoms with Gasteiger partial charge < -0.3 is 23.3 Å². The number of aromatic nitrogens is 4. The Labute approximate surface area is 243 Å². The van der Waals surface area contributed by atoms with Crippen LogP contribution in [-0.2, 0) is 16.0 Å². The molecule has 0 N–H and O–H groups in total. The molecule has 1 atom stereocenters. The number of imidazole rings is 1. The molecule has 1 aromatic carbocycles. The van der Waals surface area contributed by atoms with Crippen molar-refractivity contribution in [2.75, 3.05) is 40.0 Å². The van der Waals surface area contributed by atoms with E-state index in [0.717, 1.165) is 52.2 Å². The molecule has 14 heteroatoms. The third-order valence-electron chi connectivity index (χ3n) is 6.59. The highest BCUT2D eigenvalue weighted by Crippen LogP contribution is 2.39. The first kappa shape index (κ1) is 32.9. The molecule has 0 radical (unpaired) electrons. The minimum absolute atomic E-state index is 0. The summed E-state index contributed by atoms with van der Waals surface area (Å²) in [6.45, 7) is 6.00. The number of ether oxygens (including phenoxy) is 3. The van der Waals surface area contributed by atoms with Gasteiger partial charge >= 0.3 is 6.61 Å². The number of hydrogen-bond acceptors (Lipinski definition) is 8. The van der Waals surface area contributed by atoms with Gasteiger partial charge in [-0.25, -0.2) is 4.98 Å². The molecule has 9 nitrogen and oxygen atoms in total. The maximum absolute atomic E-state index is 12.9. The summed E-state index contributed by atoms with van der Waals surface area (Å²) >= 11 is 0. The summed E-state index contributed by atoms with van der Waals surface area (Å²) < 4.78 is 49.1. The molecule has 1 fully saturated rings. The SMILES string of the molecule is COc1cc2c(cc1-c1c(C)noc1C)ncc1nc(CN3CCOCC3)n([C@H](C)COC(F)F)c12.Cl.Cl.Cl. The molecule has 0 aliphatic carbocycles. The standard InChI is InChI=1S/C25H29F2N5O4.3ClH/c1-14(13-35-25(26)27)32-22(12-31-5-7-34-8-6-31)29-20-11-28-19-9-18(23-15(2)30-36-16(23)3)21(33-4)10-17(19)24(20)32;;;/h9-11,14,25H,5-8,12-13H2,1-4H3;3*1H/t14-;;;/m1.../s1. The first-order valence-electron chi connectivity index (χ1n) is 11.9. The van der Waals surface area contributed by atoms with Crippen LogP contribution in [0.25, 0.3) is 33.1 Å². The van der Waals surface area contributed by atoms with E-state index < -0.39 is 6.61 Å². The van der Waals surface area contributed by atoms with Gasteiger partial charge in [-0.05, 0) is 32.9 Å². The molecule has 0 saturated carbocycles. The largest absolute Gasteiger partial charge is 0.496 e. The molecule has 5 rings (SSSR count). The van der Waals surface area contributed by atoms with Crippen LogP contribution in [0.3, 0.4) is 0 Å². The van der Waals surface area contributed by atoms with Crippen LogP contribution in [0, 0.1) is 13.8 Å². The third-order valence-corrected chi connectivity index (χ3v) is 6.59. The van der Waals surface area contributed by atoms with Crippen molar-refractivity contribution >= 4 is 59.2 Å². The number of fused-ring (bicyclic) bond motifs is 3. The number of aryl methyl sites for hydroxylation is 2. The van der Waals surface area contributed by atoms with Gasteiger partial charge in [0.05, 0.1) is 68.0 Å². The highest BCUT2D eigenvalue weighted by Gasteiger charge is 2.24. The summed E-state index contributed by atoms with van der Waals surface area (Å²) in [6.07, 6.45) is 1.72. The molecule has 0 amide bonds. The molecule has 3 aromatic heterocycles. The maximum Gasteiger partial charge on any atom is 0.345 e. The number of alkyl halides is 2. The van der Waals surface area contributed by atoms with Crippen LogP contribution in [0.4, 0.5) is 8.78 Å². The van der Waals surface area contributed by atoms with Crippen molar-refractivity contribution in [3.8, 4) is 16.9 Å². The van der Waals surface area contributed by atoms with Crippen molar-refractivity contribution in [3.63, 3.8) is 0 Å². The minimum Gasteiger partial charge on any atom is -0.496 e. The lowest BCUT2D eigenvalue weighted by Gasteiger charge is -2.27. The summed E-state index contributed by atoms with van der Waals surface area (Å²) in [4.78, 5) is 11.8. The smallest absolute Gasteiger partial charge is 0.345 e. The average Bonchev–Trinajstić information content (AvgIpc) is 3.41. The van der Waals surface area contributed by atoms with E-state index in [1.807, 2.05) is 37.5 Å². The summed E-state index contributed by atoms with van der Waals surface area (Å²) in [5.41, 5.74) is 4.64. The van der Waals surface area contributed by atoms with Gasteiger partial charge in [0.1, 0.15) is 22.9 Å². The molecule has 0 spiro atoms. The highest BCUT2D eigenvalue weighted by molar-refractivity contribution is 6.05. The number of benzene rings is 1. The van der Waals surface area contributed by atoms with Gasteiger partial charge in [-0.1, -0.05) is 5.16 Å². The van der Waals surface area contributed by atoms with Crippen LogP contribution in [0.5, 0.6) is 5.75 Å². The van der Waals surface area contributed by atoms with Crippen molar-refractivity contribution in [2.24, 2.45) is 0 Å². The van der Waals surface area contributed by atoms with Gasteiger partial charge in [-0.3, -0.25) is 9.88 Å². The number of morpholine rings is 1. The van der Waals surface area contributed by atoms with Crippen molar-refractivity contribution in [1.29, 1.82) is 0 Å². The Morgan fingerprint density at radius 1 is 1.08 bits per heavy atom. The predicted octanol–water partition coefficient (Wildman–Crippen LogP) is 5.76. The van der Waals surface area contributed by atoms with Crippen molar-refractivity contribution in [2.45, 2.75) is 40.0 Å². The van der Waals surface area contributed by atoms with Gasteiger partial charge in [0.25, 0.3) is 0 Å².